The number of imidazole rings is 1. The number of hydrogen-bond acceptors (Lipinski definition) is 2. The normalized spacial score (nSPS) is 10.6. The molecule has 0 aliphatic carbocycles. The molecular weight excluding hydrogens is 272 g/mol. The second-order valence-electron chi connectivity index (χ2n) is 4.66. The van der Waals surface area contributed by atoms with Crippen LogP contribution in [-0.4, -0.2) is 9.55 Å². The summed E-state index contributed by atoms with van der Waals surface area (Å²) in [5.74, 6) is -0.530. The van der Waals surface area contributed by atoms with Gasteiger partial charge in [0.2, 0.25) is 5.95 Å². The summed E-state index contributed by atoms with van der Waals surface area (Å²) in [5.41, 5.74) is 1.21. The number of hydrogen-bond donors (Lipinski definition) is 1. The number of aromatic nitrogens is 2. The molecule has 0 bridgehead atoms. The molecule has 0 radical (unpaired) electrons. The molecule has 3 aromatic rings. The Hall–Kier alpha value is -2.69. The smallest absolute Gasteiger partial charge is 0.212 e. The van der Waals surface area contributed by atoms with Crippen molar-refractivity contribution >= 4 is 11.6 Å². The van der Waals surface area contributed by atoms with Crippen molar-refractivity contribution in [3.8, 4) is 5.69 Å². The molecule has 2 aromatic carbocycles. The number of aryl methyl sites for hydroxylation is 1. The van der Waals surface area contributed by atoms with E-state index in [-0.39, 0.29) is 11.3 Å². The van der Waals surface area contributed by atoms with E-state index in [1.54, 1.807) is 6.20 Å². The number of anilines is 2. The second-order valence-corrected chi connectivity index (χ2v) is 4.66. The lowest BCUT2D eigenvalue weighted by molar-refractivity contribution is 0.586. The third-order valence-corrected chi connectivity index (χ3v) is 3.16. The van der Waals surface area contributed by atoms with Crippen LogP contribution in [0.15, 0.2) is 54.9 Å². The summed E-state index contributed by atoms with van der Waals surface area (Å²) in [5, 5.41) is 3.08. The molecule has 1 N–H and O–H groups in total. The molecule has 0 saturated heterocycles. The largest absolute Gasteiger partial charge is 0.325 e. The van der Waals surface area contributed by atoms with Crippen molar-refractivity contribution in [2.45, 2.75) is 6.92 Å². The molecule has 0 aliphatic rings. The SMILES string of the molecule is Cc1cc(F)c(-n2ccnc2Nc2ccccc2)cc1F. The van der Waals surface area contributed by atoms with Crippen molar-refractivity contribution in [2.24, 2.45) is 0 Å². The zero-order valence-electron chi connectivity index (χ0n) is 11.3. The predicted molar refractivity (Wildman–Crippen MR) is 77.9 cm³/mol. The molecule has 3 rings (SSSR count). The Bertz CT molecular complexity index is 766. The monoisotopic (exact) mass is 285 g/mol. The lowest BCUT2D eigenvalue weighted by Crippen LogP contribution is -2.04. The number of rotatable bonds is 3. The summed E-state index contributed by atoms with van der Waals surface area (Å²) >= 11 is 0. The summed E-state index contributed by atoms with van der Waals surface area (Å²) in [6, 6.07) is 11.7. The van der Waals surface area contributed by atoms with E-state index in [4.69, 9.17) is 0 Å². The van der Waals surface area contributed by atoms with Crippen molar-refractivity contribution in [2.75, 3.05) is 5.32 Å². The van der Waals surface area contributed by atoms with Crippen LogP contribution < -0.4 is 5.32 Å². The van der Waals surface area contributed by atoms with Gasteiger partial charge in [-0.25, -0.2) is 13.8 Å². The molecule has 0 fully saturated rings. The second kappa shape index (κ2) is 5.36. The number of halogens is 2. The fourth-order valence-corrected chi connectivity index (χ4v) is 2.06. The average molecular weight is 285 g/mol. The number of para-hydroxylation sites is 1. The van der Waals surface area contributed by atoms with Crippen LogP contribution in [-0.2, 0) is 0 Å². The Balaban J connectivity index is 2.01. The van der Waals surface area contributed by atoms with Crippen molar-refractivity contribution < 1.29 is 8.78 Å². The Morgan fingerprint density at radius 3 is 2.57 bits per heavy atom. The molecule has 106 valence electrons. The number of benzene rings is 2. The van der Waals surface area contributed by atoms with Gasteiger partial charge in [-0.1, -0.05) is 18.2 Å². The van der Waals surface area contributed by atoms with E-state index in [1.807, 2.05) is 30.3 Å². The first-order valence-corrected chi connectivity index (χ1v) is 6.46. The number of nitrogens with one attached hydrogen (secondary N) is 1. The van der Waals surface area contributed by atoms with Gasteiger partial charge in [0.1, 0.15) is 11.6 Å². The fraction of sp³-hybridized carbons (Fsp3) is 0.0625. The van der Waals surface area contributed by atoms with Gasteiger partial charge in [0.25, 0.3) is 0 Å². The van der Waals surface area contributed by atoms with E-state index in [0.29, 0.717) is 5.95 Å². The van der Waals surface area contributed by atoms with E-state index in [9.17, 15) is 8.78 Å². The maximum atomic E-state index is 14.1. The van der Waals surface area contributed by atoms with Gasteiger partial charge in [0.15, 0.2) is 0 Å². The number of nitrogens with zero attached hydrogens (tertiary/aromatic N) is 2. The summed E-state index contributed by atoms with van der Waals surface area (Å²) in [4.78, 5) is 4.14. The Labute approximate surface area is 120 Å². The quantitative estimate of drug-likeness (QED) is 0.781. The molecule has 5 heteroatoms. The van der Waals surface area contributed by atoms with Crippen LogP contribution in [0.1, 0.15) is 5.56 Å². The molecule has 0 atom stereocenters. The summed E-state index contributed by atoms with van der Waals surface area (Å²) in [6.45, 7) is 1.53. The first-order valence-electron chi connectivity index (χ1n) is 6.46. The highest BCUT2D eigenvalue weighted by Gasteiger charge is 2.12. The topological polar surface area (TPSA) is 29.9 Å². The Morgan fingerprint density at radius 1 is 1.05 bits per heavy atom. The minimum atomic E-state index is -0.497. The summed E-state index contributed by atoms with van der Waals surface area (Å²) < 4.78 is 29.2. The van der Waals surface area contributed by atoms with Gasteiger partial charge >= 0.3 is 0 Å². The van der Waals surface area contributed by atoms with Crippen LogP contribution in [0.4, 0.5) is 20.4 Å². The first kappa shape index (κ1) is 13.3. The van der Waals surface area contributed by atoms with Crippen LogP contribution in [0.5, 0.6) is 0 Å². The maximum absolute atomic E-state index is 14.1. The van der Waals surface area contributed by atoms with E-state index >= 15 is 0 Å². The average Bonchev–Trinajstić information content (AvgIpc) is 2.92. The van der Waals surface area contributed by atoms with Crippen molar-refractivity contribution in [1.29, 1.82) is 0 Å². The molecule has 21 heavy (non-hydrogen) atoms. The van der Waals surface area contributed by atoms with Crippen LogP contribution >= 0.6 is 0 Å². The van der Waals surface area contributed by atoms with E-state index in [2.05, 4.69) is 10.3 Å². The summed E-state index contributed by atoms with van der Waals surface area (Å²) in [7, 11) is 0. The van der Waals surface area contributed by atoms with Crippen molar-refractivity contribution in [1.82, 2.24) is 9.55 Å². The third kappa shape index (κ3) is 2.63. The molecule has 0 saturated carbocycles. The minimum absolute atomic E-state index is 0.119. The van der Waals surface area contributed by atoms with Gasteiger partial charge < -0.3 is 5.32 Å². The minimum Gasteiger partial charge on any atom is -0.325 e. The Kier molecular flexibility index (Phi) is 3.39. The predicted octanol–water partition coefficient (Wildman–Crippen LogP) is 4.20. The zero-order chi connectivity index (χ0) is 14.8. The van der Waals surface area contributed by atoms with Crippen LogP contribution in [0, 0.1) is 18.6 Å². The van der Waals surface area contributed by atoms with E-state index < -0.39 is 11.6 Å². The molecule has 0 amide bonds. The Morgan fingerprint density at radius 2 is 1.81 bits per heavy atom. The highest BCUT2D eigenvalue weighted by Crippen LogP contribution is 2.23. The van der Waals surface area contributed by atoms with Gasteiger partial charge in [-0.05, 0) is 30.7 Å². The van der Waals surface area contributed by atoms with Gasteiger partial charge in [-0.2, -0.15) is 0 Å². The first-order chi connectivity index (χ1) is 10.1. The molecular formula is C16H13F2N3. The van der Waals surface area contributed by atoms with Crippen LogP contribution in [0.2, 0.25) is 0 Å². The van der Waals surface area contributed by atoms with Crippen molar-refractivity contribution in [3.05, 3.63) is 72.1 Å². The zero-order valence-corrected chi connectivity index (χ0v) is 11.3. The highest BCUT2D eigenvalue weighted by atomic mass is 19.1. The van der Waals surface area contributed by atoms with Gasteiger partial charge in [-0.15, -0.1) is 0 Å². The maximum Gasteiger partial charge on any atom is 0.212 e. The highest BCUT2D eigenvalue weighted by molar-refractivity contribution is 5.56. The van der Waals surface area contributed by atoms with Gasteiger partial charge in [0, 0.05) is 24.1 Å². The molecule has 3 nitrogen and oxygen atoms in total. The van der Waals surface area contributed by atoms with E-state index in [0.717, 1.165) is 5.69 Å². The molecule has 0 unspecified atom stereocenters. The fourth-order valence-electron chi connectivity index (χ4n) is 2.06. The van der Waals surface area contributed by atoms with Crippen LogP contribution in [0.3, 0.4) is 0 Å². The lowest BCUT2D eigenvalue weighted by Gasteiger charge is -2.11. The van der Waals surface area contributed by atoms with Crippen LogP contribution in [0.25, 0.3) is 5.69 Å². The van der Waals surface area contributed by atoms with Gasteiger partial charge in [0.05, 0.1) is 5.69 Å². The molecule has 1 aromatic heterocycles. The molecule has 0 spiro atoms. The summed E-state index contributed by atoms with van der Waals surface area (Å²) in [6.07, 6.45) is 3.11. The lowest BCUT2D eigenvalue weighted by atomic mass is 10.2. The van der Waals surface area contributed by atoms with Gasteiger partial charge in [-0.3, -0.25) is 4.57 Å². The third-order valence-electron chi connectivity index (χ3n) is 3.16. The standard InChI is InChI=1S/C16H13F2N3/c1-11-9-14(18)15(10-13(11)17)21-8-7-19-16(21)20-12-5-3-2-4-6-12/h2-10H,1H3,(H,19,20). The molecule has 0 aliphatic heterocycles. The van der Waals surface area contributed by atoms with Crippen molar-refractivity contribution in [3.63, 3.8) is 0 Å². The molecule has 1 heterocycles. The van der Waals surface area contributed by atoms with E-state index in [1.165, 1.54) is 29.8 Å².